The molecule has 3 atom stereocenters. The molecule has 0 heterocycles. The molecule has 0 aliphatic heterocycles. The monoisotopic (exact) mass is 821 g/mol. The van der Waals surface area contributed by atoms with Crippen molar-refractivity contribution in [2.75, 3.05) is 26.4 Å². The van der Waals surface area contributed by atoms with Gasteiger partial charge >= 0.3 is 19.8 Å². The second kappa shape index (κ2) is 41.3. The van der Waals surface area contributed by atoms with Crippen LogP contribution in [0.4, 0.5) is 0 Å². The van der Waals surface area contributed by atoms with Gasteiger partial charge in [-0.2, -0.15) is 0 Å². The van der Waals surface area contributed by atoms with Crippen LogP contribution in [-0.2, 0) is 32.7 Å². The number of aliphatic hydroxyl groups is 2. The fourth-order valence-electron chi connectivity index (χ4n) is 5.41. The lowest BCUT2D eigenvalue weighted by molar-refractivity contribution is -0.161. The molecule has 0 spiro atoms. The first-order chi connectivity index (χ1) is 27.7. The SMILES string of the molecule is C=CCCCCCCCCCCCCCCCC(=O)OC[C@H](COP(=O)(O)OC[C@@H](O)CO)OC(=O)CC/C=C/C/C=C/C/C=C/C/C=C/C/C=C/C/C=C/CC. The number of aliphatic hydroxyl groups excluding tert-OH is 2. The molecule has 10 nitrogen and oxygen atoms in total. The molecule has 0 fully saturated rings. The summed E-state index contributed by atoms with van der Waals surface area (Å²) in [6.07, 6.45) is 47.4. The summed E-state index contributed by atoms with van der Waals surface area (Å²) in [6.45, 7) is 3.68. The van der Waals surface area contributed by atoms with Crippen LogP contribution in [0, 0.1) is 0 Å². The van der Waals surface area contributed by atoms with E-state index in [1.165, 1.54) is 57.8 Å². The lowest BCUT2D eigenvalue weighted by Crippen LogP contribution is -2.29. The van der Waals surface area contributed by atoms with E-state index in [-0.39, 0.29) is 19.4 Å². The number of unbranched alkanes of at least 4 members (excludes halogenated alkanes) is 13. The van der Waals surface area contributed by atoms with Crippen LogP contribution in [0.15, 0.2) is 85.6 Å². The van der Waals surface area contributed by atoms with Crippen molar-refractivity contribution in [1.29, 1.82) is 0 Å². The maximum atomic E-state index is 12.6. The lowest BCUT2D eigenvalue weighted by Gasteiger charge is -2.20. The number of carbonyl (C=O) groups excluding carboxylic acids is 2. The van der Waals surface area contributed by atoms with Crippen molar-refractivity contribution >= 4 is 19.8 Å². The van der Waals surface area contributed by atoms with Gasteiger partial charge in [0.2, 0.25) is 0 Å². The first-order valence-electron chi connectivity index (χ1n) is 21.5. The average Bonchev–Trinajstić information content (AvgIpc) is 3.20. The fraction of sp³-hybridized carbons (Fsp3) is 0.652. The van der Waals surface area contributed by atoms with E-state index in [9.17, 15) is 24.2 Å². The van der Waals surface area contributed by atoms with E-state index in [1.807, 2.05) is 18.2 Å². The summed E-state index contributed by atoms with van der Waals surface area (Å²) in [6, 6.07) is 0. The summed E-state index contributed by atoms with van der Waals surface area (Å²) in [5.74, 6) is -1.03. The number of hydrogen-bond donors (Lipinski definition) is 3. The highest BCUT2D eigenvalue weighted by atomic mass is 31.2. The molecular formula is C46H77O10P. The number of esters is 2. The van der Waals surface area contributed by atoms with Crippen molar-refractivity contribution in [1.82, 2.24) is 0 Å². The van der Waals surface area contributed by atoms with Crippen LogP contribution in [0.3, 0.4) is 0 Å². The van der Waals surface area contributed by atoms with Crippen molar-refractivity contribution in [3.63, 3.8) is 0 Å². The summed E-state index contributed by atoms with van der Waals surface area (Å²) in [5.41, 5.74) is 0. The van der Waals surface area contributed by atoms with Crippen LogP contribution < -0.4 is 0 Å². The molecule has 3 N–H and O–H groups in total. The Kier molecular flexibility index (Phi) is 39.2. The molecule has 0 aliphatic carbocycles. The third kappa shape index (κ3) is 41.1. The van der Waals surface area contributed by atoms with Gasteiger partial charge in [0.25, 0.3) is 0 Å². The van der Waals surface area contributed by atoms with Gasteiger partial charge in [-0.25, -0.2) is 4.57 Å². The maximum absolute atomic E-state index is 12.6. The number of allylic oxidation sites excluding steroid dienone is 13. The summed E-state index contributed by atoms with van der Waals surface area (Å²) < 4.78 is 32.6. The molecule has 0 amide bonds. The van der Waals surface area contributed by atoms with Crippen LogP contribution in [0.1, 0.15) is 155 Å². The van der Waals surface area contributed by atoms with Gasteiger partial charge in [-0.05, 0) is 64.2 Å². The Balaban J connectivity index is 4.43. The van der Waals surface area contributed by atoms with E-state index < -0.39 is 51.8 Å². The molecule has 0 aliphatic rings. The average molecular weight is 821 g/mol. The number of rotatable bonds is 40. The molecule has 57 heavy (non-hydrogen) atoms. The van der Waals surface area contributed by atoms with E-state index in [1.54, 1.807) is 0 Å². The lowest BCUT2D eigenvalue weighted by atomic mass is 10.0. The molecule has 0 aromatic rings. The summed E-state index contributed by atoms with van der Waals surface area (Å²) in [4.78, 5) is 34.9. The predicted molar refractivity (Wildman–Crippen MR) is 233 cm³/mol. The molecule has 0 aromatic carbocycles. The highest BCUT2D eigenvalue weighted by Gasteiger charge is 2.27. The maximum Gasteiger partial charge on any atom is 0.472 e. The highest BCUT2D eigenvalue weighted by molar-refractivity contribution is 7.47. The van der Waals surface area contributed by atoms with Gasteiger partial charge in [-0.1, -0.05) is 157 Å². The number of phosphoric acid groups is 1. The largest absolute Gasteiger partial charge is 0.472 e. The third-order valence-electron chi connectivity index (χ3n) is 8.69. The molecule has 0 rings (SSSR count). The molecule has 0 saturated carbocycles. The number of carbonyl (C=O) groups is 2. The van der Waals surface area contributed by atoms with Gasteiger partial charge in [-0.3, -0.25) is 18.6 Å². The van der Waals surface area contributed by atoms with Gasteiger partial charge in [0, 0.05) is 12.8 Å². The second-order valence-corrected chi connectivity index (χ2v) is 15.5. The fourth-order valence-corrected chi connectivity index (χ4v) is 6.20. The van der Waals surface area contributed by atoms with Crippen LogP contribution >= 0.6 is 7.82 Å². The summed E-state index contributed by atoms with van der Waals surface area (Å²) >= 11 is 0. The van der Waals surface area contributed by atoms with Crippen LogP contribution in [-0.4, -0.2) is 65.7 Å². The molecule has 0 aromatic heterocycles. The quantitative estimate of drug-likeness (QED) is 0.0236. The topological polar surface area (TPSA) is 149 Å². The summed E-state index contributed by atoms with van der Waals surface area (Å²) in [5, 5.41) is 18.3. The zero-order valence-electron chi connectivity index (χ0n) is 35.1. The van der Waals surface area contributed by atoms with E-state index in [0.29, 0.717) is 12.8 Å². The van der Waals surface area contributed by atoms with Gasteiger partial charge in [0.05, 0.1) is 19.8 Å². The molecular weight excluding hydrogens is 743 g/mol. The van der Waals surface area contributed by atoms with Gasteiger partial charge in [0.1, 0.15) is 12.7 Å². The Bertz CT molecular complexity index is 1210. The predicted octanol–water partition coefficient (Wildman–Crippen LogP) is 11.4. The van der Waals surface area contributed by atoms with Gasteiger partial charge < -0.3 is 24.6 Å². The van der Waals surface area contributed by atoms with E-state index in [0.717, 1.165) is 64.2 Å². The van der Waals surface area contributed by atoms with Crippen LogP contribution in [0.2, 0.25) is 0 Å². The minimum Gasteiger partial charge on any atom is -0.462 e. The standard InChI is InChI=1S/C46H77O10P/c1-3-5-7-9-11-13-15-17-19-20-21-22-24-26-28-30-32-34-36-38-46(50)56-44(42-55-57(51,52)54-40-43(48)39-47)41-53-45(49)37-35-33-31-29-27-25-23-18-16-14-12-10-8-6-4-2/h4-5,7,11,13,17,19,21-22,26,28,32,34,43-44,47-48H,2-3,6,8-10,12,14-16,18,20,23-25,27,29-31,33,35-42H2,1H3,(H,51,52)/b7-5+,13-11+,19-17+,22-21+,28-26+,34-32+/t43-,44+/m0/s1. The Morgan fingerprint density at radius 2 is 1.02 bits per heavy atom. The van der Waals surface area contributed by atoms with Crippen LogP contribution in [0.5, 0.6) is 0 Å². The van der Waals surface area contributed by atoms with E-state index in [4.69, 9.17) is 19.1 Å². The van der Waals surface area contributed by atoms with Crippen molar-refractivity contribution in [2.24, 2.45) is 0 Å². The molecule has 11 heteroatoms. The van der Waals surface area contributed by atoms with Crippen molar-refractivity contribution in [3.8, 4) is 0 Å². The first-order valence-corrected chi connectivity index (χ1v) is 23.0. The zero-order valence-corrected chi connectivity index (χ0v) is 36.0. The van der Waals surface area contributed by atoms with Crippen LogP contribution in [0.25, 0.3) is 0 Å². The van der Waals surface area contributed by atoms with Gasteiger partial charge in [0.15, 0.2) is 6.10 Å². The minimum atomic E-state index is -4.64. The second-order valence-electron chi connectivity index (χ2n) is 14.1. The highest BCUT2D eigenvalue weighted by Crippen LogP contribution is 2.43. The molecule has 0 bridgehead atoms. The van der Waals surface area contributed by atoms with Gasteiger partial charge in [-0.15, -0.1) is 6.58 Å². The van der Waals surface area contributed by atoms with Crippen molar-refractivity contribution < 1.29 is 47.8 Å². The molecule has 0 radical (unpaired) electrons. The normalized spacial score (nSPS) is 14.5. The van der Waals surface area contributed by atoms with E-state index >= 15 is 0 Å². The Morgan fingerprint density at radius 3 is 1.49 bits per heavy atom. The smallest absolute Gasteiger partial charge is 0.462 e. The first kappa shape index (κ1) is 54.2. The third-order valence-corrected chi connectivity index (χ3v) is 9.64. The molecule has 1 unspecified atom stereocenters. The minimum absolute atomic E-state index is 0.0546. The summed E-state index contributed by atoms with van der Waals surface area (Å²) in [7, 11) is -4.64. The van der Waals surface area contributed by atoms with Crippen molar-refractivity contribution in [3.05, 3.63) is 85.6 Å². The Morgan fingerprint density at radius 1 is 0.579 bits per heavy atom. The molecule has 326 valence electrons. The Hall–Kier alpha value is -2.85. The number of hydrogen-bond acceptors (Lipinski definition) is 9. The number of ether oxygens (including phenoxy) is 2. The zero-order chi connectivity index (χ0) is 41.9. The number of phosphoric ester groups is 1. The molecule has 0 saturated heterocycles. The van der Waals surface area contributed by atoms with Crippen molar-refractivity contribution in [2.45, 2.75) is 167 Å². The Labute approximate surface area is 345 Å². The van der Waals surface area contributed by atoms with E-state index in [2.05, 4.69) is 78.8 Å².